The van der Waals surface area contributed by atoms with E-state index in [1.54, 1.807) is 43.5 Å². The van der Waals surface area contributed by atoms with Crippen molar-refractivity contribution in [1.29, 1.82) is 0 Å². The van der Waals surface area contributed by atoms with Gasteiger partial charge in [0.25, 0.3) is 0 Å². The number of nitrogens with one attached hydrogen (secondary N) is 1. The average Bonchev–Trinajstić information content (AvgIpc) is 3.69. The third kappa shape index (κ3) is 7.60. The Morgan fingerprint density at radius 2 is 1.96 bits per heavy atom. The minimum absolute atomic E-state index is 0.0205. The molecule has 2 atom stereocenters. The van der Waals surface area contributed by atoms with Gasteiger partial charge >= 0.3 is 6.36 Å². The molecule has 47 heavy (non-hydrogen) atoms. The van der Waals surface area contributed by atoms with Crippen LogP contribution in [0.3, 0.4) is 0 Å². The van der Waals surface area contributed by atoms with E-state index in [4.69, 9.17) is 9.47 Å². The van der Waals surface area contributed by atoms with Crippen LogP contribution in [0, 0.1) is 17.8 Å². The number of nitrogens with zero attached hydrogens (tertiary/aromatic N) is 5. The Balaban J connectivity index is 1.19. The Hall–Kier alpha value is -4.84. The maximum Gasteiger partial charge on any atom is 0.525 e. The van der Waals surface area contributed by atoms with Crippen LogP contribution in [-0.2, 0) is 20.8 Å². The summed E-state index contributed by atoms with van der Waals surface area (Å²) < 4.78 is 56.2. The first-order valence-electron chi connectivity index (χ1n) is 14.7. The molecule has 4 aromatic rings. The molecule has 2 unspecified atom stereocenters. The predicted molar refractivity (Wildman–Crippen MR) is 167 cm³/mol. The molecule has 10 nitrogen and oxygen atoms in total. The summed E-state index contributed by atoms with van der Waals surface area (Å²) in [5, 5.41) is 17.7. The lowest BCUT2D eigenvalue weighted by atomic mass is 9.83. The summed E-state index contributed by atoms with van der Waals surface area (Å²) in [6.07, 6.45) is 2.09. The second-order valence-electron chi connectivity index (χ2n) is 10.9. The lowest BCUT2D eigenvalue weighted by molar-refractivity contribution is -0.405. The first-order valence-corrected chi connectivity index (χ1v) is 15.5. The zero-order valence-electron chi connectivity index (χ0n) is 25.3. The van der Waals surface area contributed by atoms with Crippen molar-refractivity contribution in [2.24, 2.45) is 5.92 Å². The molecule has 0 saturated heterocycles. The number of rotatable bonds is 9. The summed E-state index contributed by atoms with van der Waals surface area (Å²) in [5.74, 6) is 2.41. The molecule has 0 aliphatic heterocycles. The highest BCUT2D eigenvalue weighted by Gasteiger charge is 2.51. The van der Waals surface area contributed by atoms with E-state index in [2.05, 4.69) is 42.3 Å². The van der Waals surface area contributed by atoms with Crippen molar-refractivity contribution in [2.75, 3.05) is 19.5 Å². The number of allylic oxidation sites excluding steroid dienone is 2. The van der Waals surface area contributed by atoms with Crippen LogP contribution < -0.4 is 10.1 Å². The number of alkyl halides is 3. The van der Waals surface area contributed by atoms with Crippen molar-refractivity contribution in [1.82, 2.24) is 25.2 Å². The number of carbonyl (C=O) groups excluding carboxylic acids is 1. The molecule has 0 spiro atoms. The summed E-state index contributed by atoms with van der Waals surface area (Å²) >= 11 is 1.48. The minimum Gasteiger partial charge on any atom is -0.497 e. The number of carbonyl (C=O) groups is 1. The number of aromatic nitrogens is 5. The summed E-state index contributed by atoms with van der Waals surface area (Å²) in [4.78, 5) is 19.4. The quantitative estimate of drug-likeness (QED) is 0.173. The predicted octanol–water partition coefficient (Wildman–Crippen LogP) is 5.94. The number of methoxy groups -OCH3 is 2. The van der Waals surface area contributed by atoms with Gasteiger partial charge in [0.05, 0.1) is 19.3 Å². The number of benzene rings is 2. The van der Waals surface area contributed by atoms with Crippen molar-refractivity contribution in [3.8, 4) is 17.6 Å². The molecule has 2 aliphatic carbocycles. The number of halogens is 3. The number of hydrogen-bond donors (Lipinski definition) is 1. The maximum atomic E-state index is 13.7. The monoisotopic (exact) mass is 662 g/mol. The van der Waals surface area contributed by atoms with Crippen LogP contribution in [0.2, 0.25) is 0 Å². The number of ether oxygens (including phenoxy) is 3. The average molecular weight is 663 g/mol. The molecule has 2 aromatic carbocycles. The molecular weight excluding hydrogens is 633 g/mol. The Kier molecular flexibility index (Phi) is 9.21. The van der Waals surface area contributed by atoms with Gasteiger partial charge in [-0.25, -0.2) is 4.98 Å². The third-order valence-electron chi connectivity index (χ3n) is 7.82. The molecule has 242 valence electrons. The van der Waals surface area contributed by atoms with Gasteiger partial charge in [0.15, 0.2) is 5.01 Å². The molecule has 1 amide bonds. The summed E-state index contributed by atoms with van der Waals surface area (Å²) in [6, 6.07) is 13.9. The topological polar surface area (TPSA) is 113 Å². The Morgan fingerprint density at radius 1 is 1.15 bits per heavy atom. The summed E-state index contributed by atoms with van der Waals surface area (Å²) in [6.45, 7) is 0.252. The van der Waals surface area contributed by atoms with Crippen molar-refractivity contribution in [2.45, 2.75) is 43.9 Å². The van der Waals surface area contributed by atoms with Crippen molar-refractivity contribution in [3.05, 3.63) is 99.8 Å². The van der Waals surface area contributed by atoms with E-state index >= 15 is 0 Å². The number of hydrogen-bond acceptors (Lipinski definition) is 9. The smallest absolute Gasteiger partial charge is 0.497 e. The van der Waals surface area contributed by atoms with E-state index in [1.807, 2.05) is 17.5 Å². The second kappa shape index (κ2) is 13.5. The van der Waals surface area contributed by atoms with Crippen molar-refractivity contribution in [3.63, 3.8) is 0 Å². The minimum atomic E-state index is -5.15. The standard InChI is InChI=1S/C33H29F3N6O4S/c1-44-26-13-9-22(10-14-26)19-42-40-30(39-41-42)24-12-15-27(32(18-24,45-2)46-33(34,35)36)31(43)37-25-8-3-5-21(17-25)11-16-29-38-28(20-47-29)23-6-4-7-23/h3,5,8-10,12-15,17-18,20,23,27H,4,6-7,19H2,1-2H3,(H,37,43). The van der Waals surface area contributed by atoms with Gasteiger partial charge in [-0.15, -0.1) is 34.7 Å². The van der Waals surface area contributed by atoms with Gasteiger partial charge < -0.3 is 14.8 Å². The van der Waals surface area contributed by atoms with E-state index in [1.165, 1.54) is 34.7 Å². The third-order valence-corrected chi connectivity index (χ3v) is 8.59. The van der Waals surface area contributed by atoms with E-state index in [0.29, 0.717) is 27.9 Å². The first kappa shape index (κ1) is 32.1. The lowest BCUT2D eigenvalue weighted by Gasteiger charge is -2.37. The van der Waals surface area contributed by atoms with E-state index in [-0.39, 0.29) is 17.9 Å². The van der Waals surface area contributed by atoms with Crippen LogP contribution in [0.1, 0.15) is 52.8 Å². The summed E-state index contributed by atoms with van der Waals surface area (Å²) in [7, 11) is 2.59. The maximum absolute atomic E-state index is 13.7. The Morgan fingerprint density at radius 3 is 2.66 bits per heavy atom. The zero-order valence-corrected chi connectivity index (χ0v) is 26.1. The van der Waals surface area contributed by atoms with Gasteiger partial charge in [-0.1, -0.05) is 42.7 Å². The van der Waals surface area contributed by atoms with E-state index in [9.17, 15) is 18.0 Å². The van der Waals surface area contributed by atoms with E-state index in [0.717, 1.165) is 37.3 Å². The molecule has 14 heteroatoms. The molecule has 0 bridgehead atoms. The van der Waals surface area contributed by atoms with Crippen LogP contribution >= 0.6 is 11.3 Å². The van der Waals surface area contributed by atoms with Crippen LogP contribution in [0.5, 0.6) is 5.75 Å². The van der Waals surface area contributed by atoms with E-state index < -0.39 is 24.0 Å². The molecule has 6 rings (SSSR count). The fraction of sp³-hybridized carbons (Fsp3) is 0.303. The van der Waals surface area contributed by atoms with Crippen LogP contribution in [-0.4, -0.2) is 57.5 Å². The second-order valence-corrected chi connectivity index (χ2v) is 11.8. The molecular formula is C33H29F3N6O4S. The van der Waals surface area contributed by atoms with Gasteiger partial charge in [0.2, 0.25) is 17.5 Å². The lowest BCUT2D eigenvalue weighted by Crippen LogP contribution is -2.50. The molecule has 2 aromatic heterocycles. The molecule has 1 saturated carbocycles. The summed E-state index contributed by atoms with van der Waals surface area (Å²) in [5.41, 5.74) is 2.97. The Bertz CT molecular complexity index is 1870. The molecule has 0 radical (unpaired) electrons. The largest absolute Gasteiger partial charge is 0.525 e. The number of anilines is 1. The molecule has 1 N–H and O–H groups in total. The highest BCUT2D eigenvalue weighted by atomic mass is 32.1. The fourth-order valence-electron chi connectivity index (χ4n) is 5.17. The van der Waals surface area contributed by atoms with Gasteiger partial charge in [-0.3, -0.25) is 9.53 Å². The highest BCUT2D eigenvalue weighted by Crippen LogP contribution is 2.40. The van der Waals surface area contributed by atoms with Gasteiger partial charge in [-0.05, 0) is 65.9 Å². The molecule has 1 fully saturated rings. The van der Waals surface area contributed by atoms with Gasteiger partial charge in [0, 0.05) is 35.2 Å². The zero-order chi connectivity index (χ0) is 33.0. The first-order chi connectivity index (χ1) is 22.6. The van der Waals surface area contributed by atoms with Crippen molar-refractivity contribution < 1.29 is 32.2 Å². The fourth-order valence-corrected chi connectivity index (χ4v) is 5.92. The molecule has 2 aliphatic rings. The number of amides is 1. The van der Waals surface area contributed by atoms with Crippen LogP contribution in [0.25, 0.3) is 5.57 Å². The normalized spacial score (nSPS) is 19.3. The van der Waals surface area contributed by atoms with Gasteiger partial charge in [-0.2, -0.15) is 4.80 Å². The SMILES string of the molecule is COc1ccc(Cn2nnc(C3=CC(OC)(OC(F)(F)F)C(C(=O)Nc4cccc(C#Cc5nc(C6CCC6)cs5)c4)C=C3)n2)cc1. The van der Waals surface area contributed by atoms with Gasteiger partial charge in [0.1, 0.15) is 11.7 Å². The molecule has 2 heterocycles. The Labute approximate surface area is 272 Å². The number of tetrazole rings is 1. The van der Waals surface area contributed by atoms with Crippen LogP contribution in [0.15, 0.2) is 72.1 Å². The number of thiazole rings is 1. The van der Waals surface area contributed by atoms with Crippen LogP contribution in [0.4, 0.5) is 18.9 Å². The van der Waals surface area contributed by atoms with Crippen molar-refractivity contribution >= 4 is 28.5 Å². The highest BCUT2D eigenvalue weighted by molar-refractivity contribution is 7.10.